The zero-order valence-corrected chi connectivity index (χ0v) is 4.90. The van der Waals surface area contributed by atoms with Gasteiger partial charge in [-0.05, 0) is 0 Å². The van der Waals surface area contributed by atoms with E-state index in [1.807, 2.05) is 0 Å². The summed E-state index contributed by atoms with van der Waals surface area (Å²) >= 11 is 0. The molecule has 0 bridgehead atoms. The number of carbonyl (C=O) groups excluding carboxylic acids is 1. The number of carbonyl (C=O) groups is 1. The Morgan fingerprint density at radius 3 is 3.11 bits per heavy atom. The Balaban J connectivity index is 2.72. The van der Waals surface area contributed by atoms with Gasteiger partial charge < -0.3 is 0 Å². The van der Waals surface area contributed by atoms with Crippen LogP contribution >= 0.6 is 0 Å². The monoisotopic (exact) mass is 126 g/mol. The van der Waals surface area contributed by atoms with Crippen molar-refractivity contribution in [2.45, 2.75) is 0 Å². The van der Waals surface area contributed by atoms with E-state index in [1.54, 1.807) is 7.05 Å². The van der Waals surface area contributed by atoms with E-state index in [1.165, 1.54) is 11.0 Å². The molecule has 0 radical (unpaired) electrons. The largest absolute Gasteiger partial charge is 0.296 e. The molecule has 5 nitrogen and oxygen atoms in total. The van der Waals surface area contributed by atoms with Crippen LogP contribution in [0.3, 0.4) is 0 Å². The van der Waals surface area contributed by atoms with Gasteiger partial charge in [0.2, 0.25) is 12.4 Å². The standard InChI is InChI=1S/C4H6N4O/c1-8-2-5-4(7-8)6-3-9/h2-3H,1H3,(H,6,7,9). The summed E-state index contributed by atoms with van der Waals surface area (Å²) in [7, 11) is 1.73. The van der Waals surface area contributed by atoms with E-state index in [2.05, 4.69) is 15.4 Å². The van der Waals surface area contributed by atoms with E-state index in [-0.39, 0.29) is 0 Å². The first-order valence-corrected chi connectivity index (χ1v) is 2.39. The average Bonchev–Trinajstić information content (AvgIpc) is 2.17. The van der Waals surface area contributed by atoms with Gasteiger partial charge in [-0.15, -0.1) is 5.10 Å². The highest BCUT2D eigenvalue weighted by molar-refractivity contribution is 5.66. The minimum Gasteiger partial charge on any atom is -0.296 e. The fraction of sp³-hybridized carbons (Fsp3) is 0.250. The maximum absolute atomic E-state index is 9.78. The van der Waals surface area contributed by atoms with Crippen molar-refractivity contribution in [1.82, 2.24) is 14.8 Å². The van der Waals surface area contributed by atoms with Crippen LogP contribution in [0.2, 0.25) is 0 Å². The second kappa shape index (κ2) is 2.25. The molecule has 0 saturated carbocycles. The number of rotatable bonds is 2. The zero-order valence-electron chi connectivity index (χ0n) is 4.90. The molecule has 1 aromatic heterocycles. The maximum atomic E-state index is 9.78. The third-order valence-electron chi connectivity index (χ3n) is 0.788. The van der Waals surface area contributed by atoms with Gasteiger partial charge in [0.15, 0.2) is 0 Å². The maximum Gasteiger partial charge on any atom is 0.248 e. The number of aromatic nitrogens is 3. The van der Waals surface area contributed by atoms with Crippen LogP contribution < -0.4 is 5.32 Å². The van der Waals surface area contributed by atoms with Crippen molar-refractivity contribution in [3.8, 4) is 0 Å². The predicted molar refractivity (Wildman–Crippen MR) is 30.7 cm³/mol. The number of amides is 1. The van der Waals surface area contributed by atoms with Crippen LogP contribution in [0.5, 0.6) is 0 Å². The van der Waals surface area contributed by atoms with Crippen molar-refractivity contribution in [1.29, 1.82) is 0 Å². The summed E-state index contributed by atoms with van der Waals surface area (Å²) in [6, 6.07) is 0. The quantitative estimate of drug-likeness (QED) is 0.537. The van der Waals surface area contributed by atoms with E-state index in [4.69, 9.17) is 0 Å². The molecule has 0 unspecified atom stereocenters. The predicted octanol–water partition coefficient (Wildman–Crippen LogP) is -0.617. The summed E-state index contributed by atoms with van der Waals surface area (Å²) in [5, 5.41) is 6.07. The van der Waals surface area contributed by atoms with Crippen LogP contribution in [0.4, 0.5) is 5.95 Å². The van der Waals surface area contributed by atoms with Crippen molar-refractivity contribution in [3.05, 3.63) is 6.33 Å². The normalized spacial score (nSPS) is 9.00. The van der Waals surface area contributed by atoms with Crippen LogP contribution in [0.1, 0.15) is 0 Å². The summed E-state index contributed by atoms with van der Waals surface area (Å²) in [4.78, 5) is 13.5. The van der Waals surface area contributed by atoms with E-state index in [0.29, 0.717) is 12.4 Å². The minimum absolute atomic E-state index is 0.326. The molecular formula is C4H6N4O. The fourth-order valence-electron chi connectivity index (χ4n) is 0.458. The Bertz CT molecular complexity index is 206. The molecule has 5 heteroatoms. The summed E-state index contributed by atoms with van der Waals surface area (Å²) < 4.78 is 1.51. The summed E-state index contributed by atoms with van der Waals surface area (Å²) in [5.74, 6) is 0.326. The lowest BCUT2D eigenvalue weighted by Crippen LogP contribution is -1.96. The zero-order chi connectivity index (χ0) is 6.69. The first-order chi connectivity index (χ1) is 4.33. The molecule has 0 aliphatic heterocycles. The Morgan fingerprint density at radius 1 is 1.89 bits per heavy atom. The molecule has 1 heterocycles. The minimum atomic E-state index is 0.326. The lowest BCUT2D eigenvalue weighted by molar-refractivity contribution is -0.105. The molecule has 1 aromatic rings. The molecule has 0 saturated heterocycles. The van der Waals surface area contributed by atoms with E-state index >= 15 is 0 Å². The Labute approximate surface area is 51.7 Å². The molecule has 1 amide bonds. The number of hydrogen-bond donors (Lipinski definition) is 1. The first kappa shape index (κ1) is 5.74. The van der Waals surface area contributed by atoms with Crippen molar-refractivity contribution < 1.29 is 4.79 Å². The average molecular weight is 126 g/mol. The molecule has 0 aliphatic carbocycles. The highest BCUT2D eigenvalue weighted by atomic mass is 16.1. The first-order valence-electron chi connectivity index (χ1n) is 2.39. The Hall–Kier alpha value is -1.39. The van der Waals surface area contributed by atoms with Crippen molar-refractivity contribution in [2.24, 2.45) is 7.05 Å². The second-order valence-corrected chi connectivity index (χ2v) is 1.50. The second-order valence-electron chi connectivity index (χ2n) is 1.50. The van der Waals surface area contributed by atoms with Gasteiger partial charge in [0.25, 0.3) is 0 Å². The molecule has 0 spiro atoms. The summed E-state index contributed by atoms with van der Waals surface area (Å²) in [6.45, 7) is 0. The summed E-state index contributed by atoms with van der Waals surface area (Å²) in [6.07, 6.45) is 2.04. The number of hydrogen-bond acceptors (Lipinski definition) is 3. The van der Waals surface area contributed by atoms with Gasteiger partial charge in [0.05, 0.1) is 0 Å². The van der Waals surface area contributed by atoms with Crippen LogP contribution in [0, 0.1) is 0 Å². The van der Waals surface area contributed by atoms with Gasteiger partial charge in [0, 0.05) is 7.05 Å². The van der Waals surface area contributed by atoms with E-state index < -0.39 is 0 Å². The molecule has 0 aromatic carbocycles. The molecule has 0 atom stereocenters. The fourth-order valence-corrected chi connectivity index (χ4v) is 0.458. The van der Waals surface area contributed by atoms with Crippen LogP contribution in [0.15, 0.2) is 6.33 Å². The van der Waals surface area contributed by atoms with Gasteiger partial charge in [-0.2, -0.15) is 0 Å². The molecule has 1 N–H and O–H groups in total. The third-order valence-corrected chi connectivity index (χ3v) is 0.788. The number of aryl methyl sites for hydroxylation is 1. The van der Waals surface area contributed by atoms with Crippen molar-refractivity contribution in [2.75, 3.05) is 5.32 Å². The topological polar surface area (TPSA) is 59.8 Å². The number of nitrogens with one attached hydrogen (secondary N) is 1. The lowest BCUT2D eigenvalue weighted by Gasteiger charge is -1.84. The lowest BCUT2D eigenvalue weighted by atomic mass is 11.0. The molecular weight excluding hydrogens is 120 g/mol. The van der Waals surface area contributed by atoms with Gasteiger partial charge in [-0.25, -0.2) is 4.98 Å². The molecule has 1 rings (SSSR count). The highest BCUT2D eigenvalue weighted by Crippen LogP contribution is 1.89. The molecule has 0 aliphatic rings. The molecule has 48 valence electrons. The van der Waals surface area contributed by atoms with E-state index in [9.17, 15) is 4.79 Å². The Morgan fingerprint density at radius 2 is 2.67 bits per heavy atom. The number of nitrogens with zero attached hydrogens (tertiary/aromatic N) is 3. The third kappa shape index (κ3) is 1.25. The van der Waals surface area contributed by atoms with Crippen LogP contribution in [-0.2, 0) is 11.8 Å². The van der Waals surface area contributed by atoms with Crippen molar-refractivity contribution >= 4 is 12.4 Å². The number of anilines is 1. The van der Waals surface area contributed by atoms with Gasteiger partial charge >= 0.3 is 0 Å². The highest BCUT2D eigenvalue weighted by Gasteiger charge is 1.91. The van der Waals surface area contributed by atoms with E-state index in [0.717, 1.165) is 0 Å². The van der Waals surface area contributed by atoms with Gasteiger partial charge in [-0.1, -0.05) is 0 Å². The molecule has 9 heavy (non-hydrogen) atoms. The van der Waals surface area contributed by atoms with Gasteiger partial charge in [0.1, 0.15) is 6.33 Å². The van der Waals surface area contributed by atoms with Gasteiger partial charge in [-0.3, -0.25) is 14.8 Å². The smallest absolute Gasteiger partial charge is 0.248 e. The van der Waals surface area contributed by atoms with Crippen LogP contribution in [0.25, 0.3) is 0 Å². The molecule has 0 fully saturated rings. The van der Waals surface area contributed by atoms with Crippen molar-refractivity contribution in [3.63, 3.8) is 0 Å². The Kier molecular flexibility index (Phi) is 1.44. The SMILES string of the molecule is Cn1cnc(NC=O)n1. The van der Waals surface area contributed by atoms with Crippen LogP contribution in [-0.4, -0.2) is 21.2 Å². The summed E-state index contributed by atoms with van der Waals surface area (Å²) in [5.41, 5.74) is 0.